The lowest BCUT2D eigenvalue weighted by Crippen LogP contribution is -2.49. The normalized spacial score (nSPS) is 15.5. The van der Waals surface area contributed by atoms with Crippen molar-refractivity contribution in [3.8, 4) is 5.75 Å². The van der Waals surface area contributed by atoms with Crippen LogP contribution in [0.2, 0.25) is 5.02 Å². The maximum Gasteiger partial charge on any atom is 0.260 e. The highest BCUT2D eigenvalue weighted by Crippen LogP contribution is 2.28. The number of hydrogen-bond acceptors (Lipinski definition) is 5. The van der Waals surface area contributed by atoms with Crippen LogP contribution in [-0.4, -0.2) is 63.5 Å². The van der Waals surface area contributed by atoms with E-state index < -0.39 is 16.1 Å². The van der Waals surface area contributed by atoms with Crippen molar-refractivity contribution >= 4 is 33.6 Å². The summed E-state index contributed by atoms with van der Waals surface area (Å²) in [6.07, 6.45) is 4.24. The smallest absolute Gasteiger partial charge is 0.260 e. The Labute approximate surface area is 229 Å². The molecule has 9 heteroatoms. The summed E-state index contributed by atoms with van der Waals surface area (Å²) in [5.41, 5.74) is 2.02. The van der Waals surface area contributed by atoms with Gasteiger partial charge in [0.25, 0.3) is 5.91 Å². The van der Waals surface area contributed by atoms with Crippen molar-refractivity contribution in [3.63, 3.8) is 0 Å². The van der Waals surface area contributed by atoms with E-state index in [4.69, 9.17) is 16.3 Å². The summed E-state index contributed by atoms with van der Waals surface area (Å²) < 4.78 is 34.0. The van der Waals surface area contributed by atoms with E-state index in [1.54, 1.807) is 11.8 Å². The fourth-order valence-electron chi connectivity index (χ4n) is 4.19. The molecule has 0 saturated carbocycles. The predicted octanol–water partition coefficient (Wildman–Crippen LogP) is 4.62. The van der Waals surface area contributed by atoms with E-state index >= 15 is 0 Å². The summed E-state index contributed by atoms with van der Waals surface area (Å²) in [5.74, 6) is 0.135. The zero-order valence-corrected chi connectivity index (χ0v) is 22.9. The third kappa shape index (κ3) is 7.68. The first kappa shape index (κ1) is 27.9. The number of carbonyl (C=O) groups excluding carboxylic acids is 1. The van der Waals surface area contributed by atoms with E-state index in [0.29, 0.717) is 13.1 Å². The average Bonchev–Trinajstić information content (AvgIpc) is 2.93. The Morgan fingerprint density at radius 3 is 2.32 bits per heavy atom. The molecule has 3 aromatic carbocycles. The second kappa shape index (κ2) is 13.1. The maximum atomic E-state index is 12.8. The SMILES string of the molecule is C[C@@H](NS(=O)(=O)c1ccc(OCC(=O)N2CCN(C/C=C/c3ccccc3)CC2)c(Cl)c1)c1ccccc1. The molecule has 0 aliphatic carbocycles. The number of amides is 1. The van der Waals surface area contributed by atoms with Gasteiger partial charge < -0.3 is 9.64 Å². The highest BCUT2D eigenvalue weighted by atomic mass is 35.5. The molecule has 1 amide bonds. The molecule has 0 spiro atoms. The number of hydrogen-bond donors (Lipinski definition) is 1. The number of rotatable bonds is 10. The second-order valence-corrected chi connectivity index (χ2v) is 11.3. The van der Waals surface area contributed by atoms with Crippen molar-refractivity contribution in [2.45, 2.75) is 17.9 Å². The van der Waals surface area contributed by atoms with Crippen LogP contribution in [0, 0.1) is 0 Å². The molecule has 0 bridgehead atoms. The van der Waals surface area contributed by atoms with Gasteiger partial charge >= 0.3 is 0 Å². The fourth-order valence-corrected chi connectivity index (χ4v) is 5.75. The van der Waals surface area contributed by atoms with E-state index in [2.05, 4.69) is 33.9 Å². The standard InChI is InChI=1S/C29H32ClN3O4S/c1-23(25-12-6-3-7-13-25)31-38(35,36)26-14-15-28(27(30)21-26)37-22-29(34)33-19-17-32(18-20-33)16-8-11-24-9-4-2-5-10-24/h2-15,21,23,31H,16-20,22H2,1H3/b11-8+/t23-/m1/s1. The molecular weight excluding hydrogens is 522 g/mol. The van der Waals surface area contributed by atoms with Gasteiger partial charge in [-0.2, -0.15) is 0 Å². The largest absolute Gasteiger partial charge is 0.482 e. The van der Waals surface area contributed by atoms with Gasteiger partial charge in [0.1, 0.15) is 5.75 Å². The molecule has 1 N–H and O–H groups in total. The van der Waals surface area contributed by atoms with Gasteiger partial charge in [0.05, 0.1) is 9.92 Å². The Balaban J connectivity index is 1.25. The molecule has 4 rings (SSSR count). The van der Waals surface area contributed by atoms with Crippen molar-refractivity contribution < 1.29 is 17.9 Å². The molecule has 0 radical (unpaired) electrons. The molecule has 7 nitrogen and oxygen atoms in total. The van der Waals surface area contributed by atoms with Gasteiger partial charge in [-0.1, -0.05) is 84.4 Å². The van der Waals surface area contributed by atoms with Gasteiger partial charge in [-0.3, -0.25) is 9.69 Å². The van der Waals surface area contributed by atoms with Crippen LogP contribution in [0.4, 0.5) is 0 Å². The Hall–Kier alpha value is -3.17. The fraction of sp³-hybridized carbons (Fsp3) is 0.276. The van der Waals surface area contributed by atoms with Crippen molar-refractivity contribution in [2.24, 2.45) is 0 Å². The number of ether oxygens (including phenoxy) is 1. The minimum atomic E-state index is -3.80. The number of piperazine rings is 1. The first-order valence-corrected chi connectivity index (χ1v) is 14.4. The summed E-state index contributed by atoms with van der Waals surface area (Å²) in [6, 6.07) is 23.3. The van der Waals surface area contributed by atoms with Gasteiger partial charge in [-0.25, -0.2) is 13.1 Å². The molecule has 1 fully saturated rings. The summed E-state index contributed by atoms with van der Waals surface area (Å²) in [4.78, 5) is 16.8. The molecule has 1 atom stereocenters. The summed E-state index contributed by atoms with van der Waals surface area (Å²) >= 11 is 6.31. The highest BCUT2D eigenvalue weighted by Gasteiger charge is 2.22. The van der Waals surface area contributed by atoms with Crippen LogP contribution in [-0.2, 0) is 14.8 Å². The summed E-state index contributed by atoms with van der Waals surface area (Å²) in [6.45, 7) is 5.26. The second-order valence-electron chi connectivity index (χ2n) is 9.13. The molecule has 1 aliphatic rings. The molecule has 38 heavy (non-hydrogen) atoms. The minimum Gasteiger partial charge on any atom is -0.482 e. The monoisotopic (exact) mass is 553 g/mol. The van der Waals surface area contributed by atoms with Crippen LogP contribution in [0.15, 0.2) is 89.8 Å². The number of nitrogens with zero attached hydrogens (tertiary/aromatic N) is 2. The van der Waals surface area contributed by atoms with Gasteiger partial charge in [-0.15, -0.1) is 0 Å². The first-order valence-electron chi connectivity index (χ1n) is 12.5. The lowest BCUT2D eigenvalue weighted by molar-refractivity contribution is -0.135. The quantitative estimate of drug-likeness (QED) is 0.396. The van der Waals surface area contributed by atoms with Gasteiger partial charge in [0.2, 0.25) is 10.0 Å². The predicted molar refractivity (Wildman–Crippen MR) is 151 cm³/mol. The maximum absolute atomic E-state index is 12.8. The lowest BCUT2D eigenvalue weighted by Gasteiger charge is -2.34. The number of benzene rings is 3. The van der Waals surface area contributed by atoms with Crippen molar-refractivity contribution in [3.05, 3.63) is 101 Å². The van der Waals surface area contributed by atoms with Crippen LogP contribution in [0.5, 0.6) is 5.75 Å². The Morgan fingerprint density at radius 2 is 1.66 bits per heavy atom. The van der Waals surface area contributed by atoms with E-state index in [1.807, 2.05) is 48.5 Å². The molecule has 1 heterocycles. The summed E-state index contributed by atoms with van der Waals surface area (Å²) in [7, 11) is -3.80. The van der Waals surface area contributed by atoms with Crippen molar-refractivity contribution in [1.82, 2.24) is 14.5 Å². The number of halogens is 1. The minimum absolute atomic E-state index is 0.0291. The molecular formula is C29H32ClN3O4S. The van der Waals surface area contributed by atoms with E-state index in [9.17, 15) is 13.2 Å². The van der Waals surface area contributed by atoms with E-state index in [-0.39, 0.29) is 28.2 Å². The average molecular weight is 554 g/mol. The third-order valence-corrected chi connectivity index (χ3v) is 8.23. The van der Waals surface area contributed by atoms with E-state index in [1.165, 1.54) is 23.8 Å². The Morgan fingerprint density at radius 1 is 1.00 bits per heavy atom. The van der Waals surface area contributed by atoms with Crippen LogP contribution in [0.25, 0.3) is 6.08 Å². The lowest BCUT2D eigenvalue weighted by atomic mass is 10.1. The zero-order valence-electron chi connectivity index (χ0n) is 21.3. The zero-order chi connectivity index (χ0) is 27.0. The van der Waals surface area contributed by atoms with Crippen molar-refractivity contribution in [1.29, 1.82) is 0 Å². The molecule has 0 aromatic heterocycles. The number of carbonyl (C=O) groups is 1. The molecule has 1 saturated heterocycles. The van der Waals surface area contributed by atoms with E-state index in [0.717, 1.165) is 25.2 Å². The van der Waals surface area contributed by atoms with Crippen LogP contribution < -0.4 is 9.46 Å². The number of sulfonamides is 1. The molecule has 3 aromatic rings. The third-order valence-electron chi connectivity index (χ3n) is 6.39. The topological polar surface area (TPSA) is 78.9 Å². The van der Waals surface area contributed by atoms with Crippen molar-refractivity contribution in [2.75, 3.05) is 39.3 Å². The molecule has 200 valence electrons. The van der Waals surface area contributed by atoms with Crippen LogP contribution in [0.3, 0.4) is 0 Å². The van der Waals surface area contributed by atoms with Crippen LogP contribution >= 0.6 is 11.6 Å². The molecule has 1 aliphatic heterocycles. The Kier molecular flexibility index (Phi) is 9.58. The van der Waals surface area contributed by atoms with Gasteiger partial charge in [0.15, 0.2) is 6.61 Å². The molecule has 0 unspecified atom stereocenters. The van der Waals surface area contributed by atoms with Gasteiger partial charge in [-0.05, 0) is 36.2 Å². The van der Waals surface area contributed by atoms with Gasteiger partial charge in [0, 0.05) is 38.8 Å². The highest BCUT2D eigenvalue weighted by molar-refractivity contribution is 7.89. The Bertz CT molecular complexity index is 1340. The first-order chi connectivity index (χ1) is 18.3. The summed E-state index contributed by atoms with van der Waals surface area (Å²) in [5, 5.41) is 0.128. The number of nitrogens with one attached hydrogen (secondary N) is 1. The van der Waals surface area contributed by atoms with Crippen LogP contribution in [0.1, 0.15) is 24.1 Å².